The topological polar surface area (TPSA) is 109 Å². The fourth-order valence-electron chi connectivity index (χ4n) is 4.06. The molecular formula is C21H29N5O3. The average molecular weight is 399 g/mol. The second kappa shape index (κ2) is 9.07. The van der Waals surface area contributed by atoms with Crippen LogP contribution in [0.5, 0.6) is 0 Å². The van der Waals surface area contributed by atoms with Gasteiger partial charge in [-0.1, -0.05) is 19.3 Å². The van der Waals surface area contributed by atoms with Gasteiger partial charge in [0.1, 0.15) is 12.1 Å². The van der Waals surface area contributed by atoms with Crippen molar-refractivity contribution in [1.29, 1.82) is 0 Å². The largest absolute Gasteiger partial charge is 0.349 e. The van der Waals surface area contributed by atoms with Crippen LogP contribution in [0.2, 0.25) is 0 Å². The van der Waals surface area contributed by atoms with Gasteiger partial charge in [0, 0.05) is 23.5 Å². The number of aromatic nitrogens is 3. The molecule has 1 atom stereocenters. The van der Waals surface area contributed by atoms with Crippen molar-refractivity contribution in [3.63, 3.8) is 0 Å². The van der Waals surface area contributed by atoms with E-state index in [1.165, 1.54) is 23.3 Å². The summed E-state index contributed by atoms with van der Waals surface area (Å²) in [7, 11) is 0. The minimum Gasteiger partial charge on any atom is -0.349 e. The van der Waals surface area contributed by atoms with Crippen LogP contribution in [-0.4, -0.2) is 32.6 Å². The zero-order valence-corrected chi connectivity index (χ0v) is 17.2. The zero-order chi connectivity index (χ0) is 21.0. The molecule has 0 saturated heterocycles. The van der Waals surface area contributed by atoms with Crippen LogP contribution in [0, 0.1) is 13.8 Å². The highest BCUT2D eigenvalue weighted by molar-refractivity contribution is 5.94. The van der Waals surface area contributed by atoms with E-state index >= 15 is 0 Å². The Bertz CT molecular complexity index is 921. The van der Waals surface area contributed by atoms with Gasteiger partial charge < -0.3 is 15.2 Å². The zero-order valence-electron chi connectivity index (χ0n) is 17.2. The van der Waals surface area contributed by atoms with Gasteiger partial charge in [0.15, 0.2) is 0 Å². The van der Waals surface area contributed by atoms with Crippen LogP contribution < -0.4 is 16.2 Å². The molecule has 0 aliphatic heterocycles. The third kappa shape index (κ3) is 4.93. The minimum absolute atomic E-state index is 0.0699. The molecule has 1 aliphatic carbocycles. The molecule has 2 aromatic heterocycles. The van der Waals surface area contributed by atoms with E-state index in [1.54, 1.807) is 6.07 Å². The Labute approximate surface area is 170 Å². The van der Waals surface area contributed by atoms with Crippen LogP contribution >= 0.6 is 0 Å². The van der Waals surface area contributed by atoms with Crippen molar-refractivity contribution in [3.05, 3.63) is 51.2 Å². The Morgan fingerprint density at radius 2 is 2.00 bits per heavy atom. The molecule has 156 valence electrons. The second-order valence-electron chi connectivity index (χ2n) is 7.80. The van der Waals surface area contributed by atoms with Crippen molar-refractivity contribution in [2.45, 2.75) is 71.5 Å². The number of hydrogen-bond donors (Lipinski definition) is 3. The Morgan fingerprint density at radius 3 is 2.66 bits per heavy atom. The SMILES string of the molecule is Cc1n[nH]c(C)c1[C@H](C)NC(=O)Cn1cccc(C(=O)NC2CCCCC2)c1=O. The molecule has 0 bridgehead atoms. The number of aromatic amines is 1. The van der Waals surface area contributed by atoms with Gasteiger partial charge in [-0.05, 0) is 45.7 Å². The van der Waals surface area contributed by atoms with Gasteiger partial charge in [0.05, 0.1) is 11.7 Å². The Kier molecular flexibility index (Phi) is 6.51. The number of carbonyl (C=O) groups excluding carboxylic acids is 2. The van der Waals surface area contributed by atoms with E-state index in [1.807, 2.05) is 20.8 Å². The standard InChI is InChI=1S/C21H29N5O3/c1-13(19-14(2)24-25-15(19)3)22-18(27)12-26-11-7-10-17(21(26)29)20(28)23-16-8-5-4-6-9-16/h7,10-11,13,16H,4-6,8-9,12H2,1-3H3,(H,22,27)(H,23,28)(H,24,25)/t13-/m0/s1. The van der Waals surface area contributed by atoms with Crippen molar-refractivity contribution < 1.29 is 9.59 Å². The summed E-state index contributed by atoms with van der Waals surface area (Å²) in [5.74, 6) is -0.667. The monoisotopic (exact) mass is 399 g/mol. The fraction of sp³-hybridized carbons (Fsp3) is 0.524. The lowest BCUT2D eigenvalue weighted by atomic mass is 9.95. The number of pyridine rings is 1. The fourth-order valence-corrected chi connectivity index (χ4v) is 4.06. The van der Waals surface area contributed by atoms with Gasteiger partial charge in [-0.15, -0.1) is 0 Å². The van der Waals surface area contributed by atoms with Crippen molar-refractivity contribution >= 4 is 11.8 Å². The molecule has 8 nitrogen and oxygen atoms in total. The highest BCUT2D eigenvalue weighted by Gasteiger charge is 2.20. The van der Waals surface area contributed by atoms with Crippen LogP contribution in [0.1, 0.15) is 72.4 Å². The van der Waals surface area contributed by atoms with Crippen LogP contribution in [-0.2, 0) is 11.3 Å². The molecule has 3 rings (SSSR count). The maximum atomic E-state index is 12.7. The maximum absolute atomic E-state index is 12.7. The molecular weight excluding hydrogens is 370 g/mol. The lowest BCUT2D eigenvalue weighted by molar-refractivity contribution is -0.122. The summed E-state index contributed by atoms with van der Waals surface area (Å²) in [6, 6.07) is 3.01. The highest BCUT2D eigenvalue weighted by atomic mass is 16.2. The van der Waals surface area contributed by atoms with Crippen molar-refractivity contribution in [2.75, 3.05) is 0 Å². The van der Waals surface area contributed by atoms with Gasteiger partial charge >= 0.3 is 0 Å². The highest BCUT2D eigenvalue weighted by Crippen LogP contribution is 2.19. The quantitative estimate of drug-likeness (QED) is 0.691. The van der Waals surface area contributed by atoms with E-state index in [4.69, 9.17) is 0 Å². The lowest BCUT2D eigenvalue weighted by Crippen LogP contribution is -2.41. The molecule has 2 heterocycles. The van der Waals surface area contributed by atoms with Gasteiger partial charge in [0.2, 0.25) is 5.91 Å². The van der Waals surface area contributed by atoms with E-state index in [0.717, 1.165) is 42.6 Å². The number of nitrogens with one attached hydrogen (secondary N) is 3. The second-order valence-corrected chi connectivity index (χ2v) is 7.80. The van der Waals surface area contributed by atoms with E-state index in [0.29, 0.717) is 0 Å². The summed E-state index contributed by atoms with van der Waals surface area (Å²) in [6.45, 7) is 5.50. The Hall–Kier alpha value is -2.90. The molecule has 8 heteroatoms. The first-order valence-corrected chi connectivity index (χ1v) is 10.2. The number of rotatable bonds is 6. The van der Waals surface area contributed by atoms with Gasteiger partial charge in [0.25, 0.3) is 11.5 Å². The predicted molar refractivity (Wildman–Crippen MR) is 110 cm³/mol. The van der Waals surface area contributed by atoms with Crippen LogP contribution in [0.4, 0.5) is 0 Å². The Morgan fingerprint density at radius 1 is 1.28 bits per heavy atom. The molecule has 0 aromatic carbocycles. The number of amides is 2. The van der Waals surface area contributed by atoms with Crippen LogP contribution in [0.25, 0.3) is 0 Å². The molecule has 3 N–H and O–H groups in total. The van der Waals surface area contributed by atoms with Crippen molar-refractivity contribution in [2.24, 2.45) is 0 Å². The predicted octanol–water partition coefficient (Wildman–Crippen LogP) is 2.13. The first kappa shape index (κ1) is 20.8. The lowest BCUT2D eigenvalue weighted by Gasteiger charge is -2.22. The summed E-state index contributed by atoms with van der Waals surface area (Å²) >= 11 is 0. The Balaban J connectivity index is 1.66. The van der Waals surface area contributed by atoms with E-state index in [-0.39, 0.29) is 36.0 Å². The number of nitrogens with zero attached hydrogens (tertiary/aromatic N) is 2. The summed E-state index contributed by atoms with van der Waals surface area (Å²) in [4.78, 5) is 37.8. The van der Waals surface area contributed by atoms with E-state index in [2.05, 4.69) is 20.8 Å². The third-order valence-electron chi connectivity index (χ3n) is 5.51. The molecule has 1 fully saturated rings. The normalized spacial score (nSPS) is 15.7. The third-order valence-corrected chi connectivity index (χ3v) is 5.51. The van der Waals surface area contributed by atoms with E-state index in [9.17, 15) is 14.4 Å². The number of aryl methyl sites for hydroxylation is 2. The summed E-state index contributed by atoms with van der Waals surface area (Å²) < 4.78 is 1.27. The number of hydrogen-bond acceptors (Lipinski definition) is 4. The van der Waals surface area contributed by atoms with Gasteiger partial charge in [-0.3, -0.25) is 19.5 Å². The molecule has 2 amide bonds. The van der Waals surface area contributed by atoms with Crippen molar-refractivity contribution in [3.8, 4) is 0 Å². The first-order chi connectivity index (χ1) is 13.9. The summed E-state index contributed by atoms with van der Waals surface area (Å²) in [5.41, 5.74) is 2.27. The van der Waals surface area contributed by atoms with E-state index < -0.39 is 5.56 Å². The molecule has 0 spiro atoms. The summed E-state index contributed by atoms with van der Waals surface area (Å²) in [5, 5.41) is 12.9. The van der Waals surface area contributed by atoms with Crippen LogP contribution in [0.15, 0.2) is 23.1 Å². The molecule has 1 saturated carbocycles. The number of H-pyrrole nitrogens is 1. The van der Waals surface area contributed by atoms with Gasteiger partial charge in [-0.25, -0.2) is 0 Å². The smallest absolute Gasteiger partial charge is 0.263 e. The molecule has 1 aliphatic rings. The van der Waals surface area contributed by atoms with Crippen LogP contribution in [0.3, 0.4) is 0 Å². The summed E-state index contributed by atoms with van der Waals surface area (Å²) in [6.07, 6.45) is 6.80. The molecule has 0 radical (unpaired) electrons. The van der Waals surface area contributed by atoms with Crippen molar-refractivity contribution in [1.82, 2.24) is 25.4 Å². The molecule has 0 unspecified atom stereocenters. The molecule has 2 aromatic rings. The minimum atomic E-state index is -0.459. The van der Waals surface area contributed by atoms with Gasteiger partial charge in [-0.2, -0.15) is 5.10 Å². The average Bonchev–Trinajstić information content (AvgIpc) is 3.02. The maximum Gasteiger partial charge on any atom is 0.263 e. The first-order valence-electron chi connectivity index (χ1n) is 10.2. The number of carbonyl (C=O) groups is 2. The molecule has 29 heavy (non-hydrogen) atoms.